The quantitative estimate of drug-likeness (QED) is 0.446. The van der Waals surface area contributed by atoms with Crippen LogP contribution in [0.2, 0.25) is 17.6 Å². The zero-order valence-corrected chi connectivity index (χ0v) is 10.6. The fourth-order valence-corrected chi connectivity index (χ4v) is 5.67. The Morgan fingerprint density at radius 2 is 1.85 bits per heavy atom. The Labute approximate surface area is 84.3 Å². The van der Waals surface area contributed by atoms with E-state index in [0.29, 0.717) is 0 Å². The van der Waals surface area contributed by atoms with Crippen molar-refractivity contribution in [2.45, 2.75) is 51.7 Å². The zero-order chi connectivity index (χ0) is 10.3. The summed E-state index contributed by atoms with van der Waals surface area (Å²) in [6.07, 6.45) is 3.11. The SMILES string of the molecule is C=CCO[Si](CC)(CC)C(C)CC. The molecule has 0 aliphatic heterocycles. The highest BCUT2D eigenvalue weighted by atomic mass is 28.4. The van der Waals surface area contributed by atoms with Crippen LogP contribution in [0.3, 0.4) is 0 Å². The fourth-order valence-electron chi connectivity index (χ4n) is 1.89. The molecule has 78 valence electrons. The van der Waals surface area contributed by atoms with Crippen LogP contribution in [0, 0.1) is 0 Å². The van der Waals surface area contributed by atoms with E-state index in [1.165, 1.54) is 18.5 Å². The summed E-state index contributed by atoms with van der Waals surface area (Å²) in [5.74, 6) is 0. The molecule has 0 aromatic heterocycles. The molecule has 0 aliphatic rings. The number of hydrogen-bond donors (Lipinski definition) is 0. The minimum Gasteiger partial charge on any atom is -0.413 e. The van der Waals surface area contributed by atoms with E-state index in [1.54, 1.807) is 0 Å². The van der Waals surface area contributed by atoms with Gasteiger partial charge >= 0.3 is 0 Å². The average Bonchev–Trinajstić information content (AvgIpc) is 2.19. The summed E-state index contributed by atoms with van der Waals surface area (Å²) in [4.78, 5) is 0. The molecule has 0 fully saturated rings. The van der Waals surface area contributed by atoms with E-state index in [1.807, 2.05) is 6.08 Å². The summed E-state index contributed by atoms with van der Waals surface area (Å²) in [6.45, 7) is 13.6. The highest BCUT2D eigenvalue weighted by Gasteiger charge is 2.35. The first-order valence-electron chi connectivity index (χ1n) is 5.41. The third kappa shape index (κ3) is 3.28. The van der Waals surface area contributed by atoms with E-state index in [2.05, 4.69) is 34.3 Å². The van der Waals surface area contributed by atoms with Gasteiger partial charge in [-0.15, -0.1) is 6.58 Å². The summed E-state index contributed by atoms with van der Waals surface area (Å²) >= 11 is 0. The van der Waals surface area contributed by atoms with Crippen molar-refractivity contribution >= 4 is 8.32 Å². The molecule has 0 aromatic carbocycles. The summed E-state index contributed by atoms with van der Waals surface area (Å²) in [5.41, 5.74) is 0.766. The van der Waals surface area contributed by atoms with Gasteiger partial charge in [-0.05, 0) is 17.6 Å². The first kappa shape index (κ1) is 12.9. The van der Waals surface area contributed by atoms with Crippen molar-refractivity contribution in [1.82, 2.24) is 0 Å². The molecule has 13 heavy (non-hydrogen) atoms. The molecule has 0 bridgehead atoms. The molecule has 0 saturated carbocycles. The molecule has 0 heterocycles. The van der Waals surface area contributed by atoms with Crippen LogP contribution in [0.5, 0.6) is 0 Å². The standard InChI is InChI=1S/C11H24OSi/c1-6-10-12-13(8-3,9-4)11(5)7-2/h6,11H,1,7-10H2,2-5H3. The molecule has 0 aliphatic carbocycles. The third-order valence-corrected chi connectivity index (χ3v) is 8.54. The van der Waals surface area contributed by atoms with E-state index < -0.39 is 8.32 Å². The van der Waals surface area contributed by atoms with Crippen LogP contribution < -0.4 is 0 Å². The highest BCUT2D eigenvalue weighted by Crippen LogP contribution is 2.32. The summed E-state index contributed by atoms with van der Waals surface area (Å²) in [5, 5.41) is 0. The highest BCUT2D eigenvalue weighted by molar-refractivity contribution is 6.75. The van der Waals surface area contributed by atoms with Crippen LogP contribution in [0.25, 0.3) is 0 Å². The molecular weight excluding hydrogens is 176 g/mol. The predicted octanol–water partition coefficient (Wildman–Crippen LogP) is 3.97. The zero-order valence-electron chi connectivity index (χ0n) is 9.60. The van der Waals surface area contributed by atoms with Gasteiger partial charge in [0.1, 0.15) is 0 Å². The van der Waals surface area contributed by atoms with E-state index in [0.717, 1.165) is 12.1 Å². The maximum absolute atomic E-state index is 6.05. The second-order valence-electron chi connectivity index (χ2n) is 3.68. The predicted molar refractivity (Wildman–Crippen MR) is 62.6 cm³/mol. The van der Waals surface area contributed by atoms with Gasteiger partial charge in [0.2, 0.25) is 0 Å². The van der Waals surface area contributed by atoms with Crippen molar-refractivity contribution in [2.75, 3.05) is 6.61 Å². The van der Waals surface area contributed by atoms with Crippen molar-refractivity contribution in [3.8, 4) is 0 Å². The molecule has 0 saturated heterocycles. The van der Waals surface area contributed by atoms with Crippen LogP contribution in [0.4, 0.5) is 0 Å². The Bertz CT molecular complexity index is 141. The maximum Gasteiger partial charge on any atom is 0.195 e. The van der Waals surface area contributed by atoms with Crippen molar-refractivity contribution in [1.29, 1.82) is 0 Å². The van der Waals surface area contributed by atoms with Crippen LogP contribution in [0.1, 0.15) is 34.1 Å². The Hall–Kier alpha value is -0.0831. The average molecular weight is 200 g/mol. The Morgan fingerprint density at radius 3 is 2.15 bits per heavy atom. The number of hydrogen-bond acceptors (Lipinski definition) is 1. The van der Waals surface area contributed by atoms with Gasteiger partial charge in [-0.3, -0.25) is 0 Å². The molecular formula is C11H24OSi. The van der Waals surface area contributed by atoms with E-state index >= 15 is 0 Å². The molecule has 2 heteroatoms. The van der Waals surface area contributed by atoms with Gasteiger partial charge in [0.15, 0.2) is 8.32 Å². The van der Waals surface area contributed by atoms with Gasteiger partial charge in [0.05, 0.1) is 6.61 Å². The minimum absolute atomic E-state index is 0.734. The van der Waals surface area contributed by atoms with Crippen LogP contribution in [-0.4, -0.2) is 14.9 Å². The molecule has 0 radical (unpaired) electrons. The molecule has 0 aromatic rings. The van der Waals surface area contributed by atoms with Gasteiger partial charge < -0.3 is 4.43 Å². The molecule has 0 N–H and O–H groups in total. The van der Waals surface area contributed by atoms with Gasteiger partial charge in [0, 0.05) is 0 Å². The summed E-state index contributed by atoms with van der Waals surface area (Å²) in [6, 6.07) is 2.46. The van der Waals surface area contributed by atoms with Crippen LogP contribution >= 0.6 is 0 Å². The van der Waals surface area contributed by atoms with Crippen molar-refractivity contribution in [2.24, 2.45) is 0 Å². The fraction of sp³-hybridized carbons (Fsp3) is 0.818. The Morgan fingerprint density at radius 1 is 1.31 bits per heavy atom. The molecule has 0 amide bonds. The Balaban J connectivity index is 4.37. The van der Waals surface area contributed by atoms with Gasteiger partial charge in [-0.2, -0.15) is 0 Å². The Kier molecular flexibility index (Phi) is 6.34. The second kappa shape index (κ2) is 6.38. The largest absolute Gasteiger partial charge is 0.413 e. The van der Waals surface area contributed by atoms with Gasteiger partial charge in [-0.1, -0.05) is 40.2 Å². The lowest BCUT2D eigenvalue weighted by Crippen LogP contribution is -2.41. The van der Waals surface area contributed by atoms with Crippen molar-refractivity contribution < 1.29 is 4.43 Å². The third-order valence-electron chi connectivity index (χ3n) is 3.20. The number of rotatable bonds is 7. The van der Waals surface area contributed by atoms with Gasteiger partial charge in [0.25, 0.3) is 0 Å². The normalized spacial score (nSPS) is 14.2. The van der Waals surface area contributed by atoms with E-state index in [9.17, 15) is 0 Å². The monoisotopic (exact) mass is 200 g/mol. The first-order chi connectivity index (χ1) is 6.16. The minimum atomic E-state index is -1.44. The van der Waals surface area contributed by atoms with Crippen LogP contribution in [0.15, 0.2) is 12.7 Å². The smallest absolute Gasteiger partial charge is 0.195 e. The van der Waals surface area contributed by atoms with Crippen molar-refractivity contribution in [3.63, 3.8) is 0 Å². The second-order valence-corrected chi connectivity index (χ2v) is 8.50. The lowest BCUT2D eigenvalue weighted by molar-refractivity contribution is 0.331. The van der Waals surface area contributed by atoms with E-state index in [-0.39, 0.29) is 0 Å². The van der Waals surface area contributed by atoms with E-state index in [4.69, 9.17) is 4.43 Å². The summed E-state index contributed by atoms with van der Waals surface area (Å²) < 4.78 is 6.05. The molecule has 1 atom stereocenters. The van der Waals surface area contributed by atoms with Crippen molar-refractivity contribution in [3.05, 3.63) is 12.7 Å². The molecule has 1 nitrogen and oxygen atoms in total. The summed E-state index contributed by atoms with van der Waals surface area (Å²) in [7, 11) is -1.44. The molecule has 1 unspecified atom stereocenters. The first-order valence-corrected chi connectivity index (χ1v) is 7.81. The lowest BCUT2D eigenvalue weighted by Gasteiger charge is -2.34. The maximum atomic E-state index is 6.05. The topological polar surface area (TPSA) is 9.23 Å². The van der Waals surface area contributed by atoms with Gasteiger partial charge in [-0.25, -0.2) is 0 Å². The van der Waals surface area contributed by atoms with Crippen LogP contribution in [-0.2, 0) is 4.43 Å². The molecule has 0 spiro atoms. The molecule has 0 rings (SSSR count). The lowest BCUT2D eigenvalue weighted by atomic mass is 10.4.